The largest absolute Gasteiger partial charge is 0.469 e. The SMILES string of the molecule is CC(=O)c1csc(NC(=O)CCc2ccco2)n1. The second-order valence-electron chi connectivity index (χ2n) is 3.72. The molecule has 0 radical (unpaired) electrons. The molecule has 0 unspecified atom stereocenters. The molecule has 0 aliphatic carbocycles. The fourth-order valence-electron chi connectivity index (χ4n) is 1.37. The lowest BCUT2D eigenvalue weighted by molar-refractivity contribution is -0.116. The van der Waals surface area contributed by atoms with Crippen LogP contribution in [0.3, 0.4) is 0 Å². The highest BCUT2D eigenvalue weighted by atomic mass is 32.1. The van der Waals surface area contributed by atoms with E-state index in [0.29, 0.717) is 23.7 Å². The number of ketones is 1. The summed E-state index contributed by atoms with van der Waals surface area (Å²) in [4.78, 5) is 26.7. The predicted molar refractivity (Wildman–Crippen MR) is 67.8 cm³/mol. The van der Waals surface area contributed by atoms with Gasteiger partial charge in [-0.1, -0.05) is 0 Å². The summed E-state index contributed by atoms with van der Waals surface area (Å²) in [5, 5.41) is 4.73. The first-order valence-corrected chi connectivity index (χ1v) is 6.32. The third-order valence-corrected chi connectivity index (χ3v) is 3.05. The Labute approximate surface area is 108 Å². The van der Waals surface area contributed by atoms with Gasteiger partial charge in [0.2, 0.25) is 5.91 Å². The number of nitrogens with zero attached hydrogens (tertiary/aromatic N) is 1. The van der Waals surface area contributed by atoms with E-state index in [1.54, 1.807) is 17.7 Å². The maximum atomic E-state index is 11.6. The van der Waals surface area contributed by atoms with E-state index in [4.69, 9.17) is 4.42 Å². The van der Waals surface area contributed by atoms with Gasteiger partial charge in [0, 0.05) is 25.1 Å². The lowest BCUT2D eigenvalue weighted by Gasteiger charge is -1.99. The Morgan fingerprint density at radius 2 is 2.33 bits per heavy atom. The van der Waals surface area contributed by atoms with Gasteiger partial charge in [0.1, 0.15) is 11.5 Å². The number of hydrogen-bond donors (Lipinski definition) is 1. The van der Waals surface area contributed by atoms with Crippen molar-refractivity contribution in [3.05, 3.63) is 35.2 Å². The summed E-state index contributed by atoms with van der Waals surface area (Å²) < 4.78 is 5.13. The molecule has 0 bridgehead atoms. The van der Waals surface area contributed by atoms with Gasteiger partial charge in [-0.05, 0) is 12.1 Å². The molecule has 2 aromatic heterocycles. The van der Waals surface area contributed by atoms with E-state index >= 15 is 0 Å². The highest BCUT2D eigenvalue weighted by Crippen LogP contribution is 2.16. The zero-order valence-corrected chi connectivity index (χ0v) is 10.6. The van der Waals surface area contributed by atoms with E-state index < -0.39 is 0 Å². The molecule has 0 spiro atoms. The molecule has 2 rings (SSSR count). The van der Waals surface area contributed by atoms with Gasteiger partial charge in [0.05, 0.1) is 6.26 Å². The molecule has 0 aliphatic heterocycles. The minimum Gasteiger partial charge on any atom is -0.469 e. The maximum absolute atomic E-state index is 11.6. The van der Waals surface area contributed by atoms with E-state index in [1.165, 1.54) is 18.3 Å². The molecular weight excluding hydrogens is 252 g/mol. The quantitative estimate of drug-likeness (QED) is 0.842. The number of anilines is 1. The second-order valence-corrected chi connectivity index (χ2v) is 4.58. The first-order valence-electron chi connectivity index (χ1n) is 5.44. The number of furan rings is 1. The van der Waals surface area contributed by atoms with Gasteiger partial charge in [-0.25, -0.2) is 4.98 Å². The Kier molecular flexibility index (Phi) is 3.88. The van der Waals surface area contributed by atoms with Crippen LogP contribution in [0.2, 0.25) is 0 Å². The Morgan fingerprint density at radius 3 is 2.94 bits per heavy atom. The van der Waals surface area contributed by atoms with Gasteiger partial charge in [-0.15, -0.1) is 11.3 Å². The fraction of sp³-hybridized carbons (Fsp3) is 0.250. The molecule has 1 N–H and O–H groups in total. The Hall–Kier alpha value is -1.95. The molecule has 1 amide bonds. The van der Waals surface area contributed by atoms with Crippen LogP contribution in [0.1, 0.15) is 29.6 Å². The Bertz CT molecular complexity index is 545. The Balaban J connectivity index is 1.85. The van der Waals surface area contributed by atoms with Gasteiger partial charge in [0.15, 0.2) is 10.9 Å². The van der Waals surface area contributed by atoms with Crippen molar-refractivity contribution in [2.24, 2.45) is 0 Å². The molecule has 0 fully saturated rings. The van der Waals surface area contributed by atoms with Crippen molar-refractivity contribution in [2.75, 3.05) is 5.32 Å². The summed E-state index contributed by atoms with van der Waals surface area (Å²) in [7, 11) is 0. The van der Waals surface area contributed by atoms with Gasteiger partial charge in [-0.2, -0.15) is 0 Å². The van der Waals surface area contributed by atoms with Crippen LogP contribution >= 0.6 is 11.3 Å². The number of carbonyl (C=O) groups excluding carboxylic acids is 2. The van der Waals surface area contributed by atoms with Crippen molar-refractivity contribution in [1.29, 1.82) is 0 Å². The topological polar surface area (TPSA) is 72.2 Å². The van der Waals surface area contributed by atoms with Crippen LogP contribution in [0.15, 0.2) is 28.2 Å². The molecule has 0 saturated heterocycles. The van der Waals surface area contributed by atoms with Crippen molar-refractivity contribution in [3.63, 3.8) is 0 Å². The smallest absolute Gasteiger partial charge is 0.226 e. The normalized spacial score (nSPS) is 10.3. The van der Waals surface area contributed by atoms with Crippen LogP contribution in [0.5, 0.6) is 0 Å². The minimum atomic E-state index is -0.143. The van der Waals surface area contributed by atoms with Crippen LogP contribution in [0.4, 0.5) is 5.13 Å². The van der Waals surface area contributed by atoms with Crippen molar-refractivity contribution in [1.82, 2.24) is 4.98 Å². The fourth-order valence-corrected chi connectivity index (χ4v) is 2.13. The number of carbonyl (C=O) groups is 2. The molecule has 5 nitrogen and oxygen atoms in total. The van der Waals surface area contributed by atoms with Crippen molar-refractivity contribution < 1.29 is 14.0 Å². The molecule has 0 aromatic carbocycles. The molecule has 2 aromatic rings. The van der Waals surface area contributed by atoms with Crippen LogP contribution in [0, 0.1) is 0 Å². The zero-order chi connectivity index (χ0) is 13.0. The summed E-state index contributed by atoms with van der Waals surface area (Å²) in [5.74, 6) is 0.520. The van der Waals surface area contributed by atoms with Crippen LogP contribution < -0.4 is 5.32 Å². The number of amides is 1. The molecule has 18 heavy (non-hydrogen) atoms. The second kappa shape index (κ2) is 5.59. The third kappa shape index (κ3) is 3.27. The monoisotopic (exact) mass is 264 g/mol. The summed E-state index contributed by atoms with van der Waals surface area (Å²) in [6, 6.07) is 3.61. The third-order valence-electron chi connectivity index (χ3n) is 2.29. The first-order chi connectivity index (χ1) is 8.65. The summed E-state index contributed by atoms with van der Waals surface area (Å²) in [6.07, 6.45) is 2.44. The molecule has 94 valence electrons. The van der Waals surface area contributed by atoms with E-state index in [1.807, 2.05) is 6.07 Å². The van der Waals surface area contributed by atoms with Gasteiger partial charge in [-0.3, -0.25) is 9.59 Å². The Morgan fingerprint density at radius 1 is 1.50 bits per heavy atom. The van der Waals surface area contributed by atoms with Crippen molar-refractivity contribution >= 4 is 28.2 Å². The van der Waals surface area contributed by atoms with Crippen LogP contribution in [-0.2, 0) is 11.2 Å². The summed E-state index contributed by atoms with van der Waals surface area (Å²) >= 11 is 1.24. The standard InChI is InChI=1S/C12H12N2O3S/c1-8(15)10-7-18-12(13-10)14-11(16)5-4-9-3-2-6-17-9/h2-3,6-7H,4-5H2,1H3,(H,13,14,16). The van der Waals surface area contributed by atoms with E-state index in [2.05, 4.69) is 10.3 Å². The van der Waals surface area contributed by atoms with E-state index in [9.17, 15) is 9.59 Å². The van der Waals surface area contributed by atoms with Crippen molar-refractivity contribution in [3.8, 4) is 0 Å². The first kappa shape index (κ1) is 12.5. The average Bonchev–Trinajstić information content (AvgIpc) is 2.96. The lowest BCUT2D eigenvalue weighted by Crippen LogP contribution is -2.12. The van der Waals surface area contributed by atoms with E-state index in [0.717, 1.165) is 5.76 Å². The number of rotatable bonds is 5. The predicted octanol–water partition coefficient (Wildman–Crippen LogP) is 2.51. The molecule has 2 heterocycles. The van der Waals surface area contributed by atoms with E-state index in [-0.39, 0.29) is 11.7 Å². The lowest BCUT2D eigenvalue weighted by atomic mass is 10.2. The van der Waals surface area contributed by atoms with Crippen LogP contribution in [-0.4, -0.2) is 16.7 Å². The number of Topliss-reactive ketones (excluding diaryl/α,β-unsaturated/α-hetero) is 1. The van der Waals surface area contributed by atoms with Crippen molar-refractivity contribution in [2.45, 2.75) is 19.8 Å². The summed E-state index contributed by atoms with van der Waals surface area (Å²) in [5.41, 5.74) is 0.376. The van der Waals surface area contributed by atoms with Crippen LogP contribution in [0.25, 0.3) is 0 Å². The maximum Gasteiger partial charge on any atom is 0.226 e. The molecular formula is C12H12N2O3S. The van der Waals surface area contributed by atoms with Gasteiger partial charge in [0.25, 0.3) is 0 Å². The number of aromatic nitrogens is 1. The molecule has 6 heteroatoms. The zero-order valence-electron chi connectivity index (χ0n) is 9.80. The minimum absolute atomic E-state index is 0.109. The number of thiazole rings is 1. The van der Waals surface area contributed by atoms with Gasteiger partial charge >= 0.3 is 0 Å². The van der Waals surface area contributed by atoms with Gasteiger partial charge < -0.3 is 9.73 Å². The number of nitrogens with one attached hydrogen (secondary N) is 1. The molecule has 0 aliphatic rings. The average molecular weight is 264 g/mol. The number of hydrogen-bond acceptors (Lipinski definition) is 5. The molecule has 0 atom stereocenters. The highest BCUT2D eigenvalue weighted by Gasteiger charge is 2.09. The highest BCUT2D eigenvalue weighted by molar-refractivity contribution is 7.14. The molecule has 0 saturated carbocycles. The number of aryl methyl sites for hydroxylation is 1. The summed E-state index contributed by atoms with van der Waals surface area (Å²) in [6.45, 7) is 1.44.